The van der Waals surface area contributed by atoms with Crippen LogP contribution in [0.15, 0.2) is 30.3 Å². The van der Waals surface area contributed by atoms with Gasteiger partial charge in [-0.15, -0.1) is 12.4 Å². The normalized spacial score (nSPS) is 17.8. The zero-order chi connectivity index (χ0) is 16.4. The molecular formula is C19H25ClN4O. The fourth-order valence-corrected chi connectivity index (χ4v) is 3.67. The maximum Gasteiger partial charge on any atom is 0.272 e. The van der Waals surface area contributed by atoms with Crippen LogP contribution in [-0.4, -0.2) is 22.6 Å². The summed E-state index contributed by atoms with van der Waals surface area (Å²) in [5, 5.41) is 13.9. The van der Waals surface area contributed by atoms with Crippen molar-refractivity contribution < 1.29 is 4.79 Å². The molecule has 0 bridgehead atoms. The van der Waals surface area contributed by atoms with Crippen LogP contribution in [-0.2, 0) is 13.0 Å². The van der Waals surface area contributed by atoms with Crippen molar-refractivity contribution in [3.8, 4) is 0 Å². The highest BCUT2D eigenvalue weighted by molar-refractivity contribution is 5.94. The van der Waals surface area contributed by atoms with Gasteiger partial charge in [-0.25, -0.2) is 0 Å². The van der Waals surface area contributed by atoms with Gasteiger partial charge in [0.25, 0.3) is 5.91 Å². The van der Waals surface area contributed by atoms with Crippen LogP contribution in [0.5, 0.6) is 0 Å². The van der Waals surface area contributed by atoms with Crippen LogP contribution in [0.1, 0.15) is 59.0 Å². The first-order valence-corrected chi connectivity index (χ1v) is 8.94. The lowest BCUT2D eigenvalue weighted by atomic mass is 9.79. The number of halogens is 1. The quantitative estimate of drug-likeness (QED) is 0.767. The van der Waals surface area contributed by atoms with E-state index in [1.165, 1.54) is 24.8 Å². The molecule has 5 nitrogen and oxygen atoms in total. The molecule has 1 aromatic carbocycles. The summed E-state index contributed by atoms with van der Waals surface area (Å²) in [6.07, 6.45) is 5.79. The first kappa shape index (κ1) is 18.0. The van der Waals surface area contributed by atoms with Gasteiger partial charge in [-0.2, -0.15) is 5.10 Å². The number of fused-ring (bicyclic) bond motifs is 1. The summed E-state index contributed by atoms with van der Waals surface area (Å²) in [4.78, 5) is 12.8. The van der Waals surface area contributed by atoms with Gasteiger partial charge in [0.2, 0.25) is 0 Å². The maximum atomic E-state index is 12.8. The Morgan fingerprint density at radius 2 is 2.08 bits per heavy atom. The van der Waals surface area contributed by atoms with Crippen LogP contribution in [0.4, 0.5) is 0 Å². The van der Waals surface area contributed by atoms with Gasteiger partial charge >= 0.3 is 0 Å². The van der Waals surface area contributed by atoms with Gasteiger partial charge in [-0.3, -0.25) is 9.89 Å². The van der Waals surface area contributed by atoms with E-state index in [9.17, 15) is 4.79 Å². The number of hydrogen-bond acceptors (Lipinski definition) is 3. The second kappa shape index (κ2) is 8.02. The molecule has 2 aliphatic rings. The number of rotatable bonds is 5. The van der Waals surface area contributed by atoms with Crippen molar-refractivity contribution >= 4 is 18.3 Å². The van der Waals surface area contributed by atoms with Gasteiger partial charge in [-0.05, 0) is 17.9 Å². The van der Waals surface area contributed by atoms with E-state index in [-0.39, 0.29) is 24.4 Å². The average molecular weight is 361 g/mol. The molecule has 1 saturated carbocycles. The lowest BCUT2D eigenvalue weighted by molar-refractivity contribution is 0.0919. The Hall–Kier alpha value is -1.85. The molecule has 1 aromatic heterocycles. The summed E-state index contributed by atoms with van der Waals surface area (Å²) in [7, 11) is 0. The standard InChI is InChI=1S/C19H24N4O.ClH/c24-19(18-15-12-20-10-9-16(15)22-23-18)21-17(11-13-5-4-6-13)14-7-2-1-3-8-14;/h1-3,7-8,13,17,20H,4-6,9-12H2,(H,21,24)(H,22,23);1H. The Morgan fingerprint density at radius 3 is 2.80 bits per heavy atom. The monoisotopic (exact) mass is 360 g/mol. The van der Waals surface area contributed by atoms with E-state index >= 15 is 0 Å². The lowest BCUT2D eigenvalue weighted by Gasteiger charge is -2.30. The molecule has 0 radical (unpaired) electrons. The van der Waals surface area contributed by atoms with Gasteiger partial charge in [0.15, 0.2) is 5.69 Å². The van der Waals surface area contributed by atoms with Crippen molar-refractivity contribution in [2.24, 2.45) is 5.92 Å². The first-order valence-electron chi connectivity index (χ1n) is 8.94. The van der Waals surface area contributed by atoms with E-state index in [4.69, 9.17) is 0 Å². The van der Waals surface area contributed by atoms with Crippen LogP contribution >= 0.6 is 12.4 Å². The lowest BCUT2D eigenvalue weighted by Crippen LogP contribution is -2.33. The fourth-order valence-electron chi connectivity index (χ4n) is 3.67. The molecule has 1 aliphatic heterocycles. The van der Waals surface area contributed by atoms with Gasteiger partial charge in [0.1, 0.15) is 0 Å². The summed E-state index contributed by atoms with van der Waals surface area (Å²) in [6, 6.07) is 10.4. The minimum absolute atomic E-state index is 0. The second-order valence-corrected chi connectivity index (χ2v) is 6.93. The van der Waals surface area contributed by atoms with Gasteiger partial charge in [-0.1, -0.05) is 49.6 Å². The van der Waals surface area contributed by atoms with Gasteiger partial charge < -0.3 is 10.6 Å². The predicted molar refractivity (Wildman–Crippen MR) is 99.9 cm³/mol. The number of nitrogens with zero attached hydrogens (tertiary/aromatic N) is 1. The van der Waals surface area contributed by atoms with Crippen molar-refractivity contribution in [2.45, 2.75) is 44.7 Å². The highest BCUT2D eigenvalue weighted by Gasteiger charge is 2.27. The Bertz CT molecular complexity index is 711. The van der Waals surface area contributed by atoms with E-state index in [1.807, 2.05) is 18.2 Å². The van der Waals surface area contributed by atoms with Crippen molar-refractivity contribution in [3.63, 3.8) is 0 Å². The van der Waals surface area contributed by atoms with Crippen LogP contribution < -0.4 is 10.6 Å². The number of carbonyl (C=O) groups is 1. The number of amides is 1. The molecule has 1 aliphatic carbocycles. The number of hydrogen-bond donors (Lipinski definition) is 3. The molecule has 1 amide bonds. The van der Waals surface area contributed by atoms with Crippen LogP contribution in [0, 0.1) is 5.92 Å². The van der Waals surface area contributed by atoms with E-state index in [0.29, 0.717) is 12.2 Å². The molecular weight excluding hydrogens is 336 g/mol. The molecule has 6 heteroatoms. The number of benzene rings is 1. The Kier molecular flexibility index (Phi) is 5.76. The molecule has 2 aromatic rings. The highest BCUT2D eigenvalue weighted by Crippen LogP contribution is 2.35. The molecule has 3 N–H and O–H groups in total. The Labute approximate surface area is 154 Å². The van der Waals surface area contributed by atoms with Crippen molar-refractivity contribution in [1.82, 2.24) is 20.8 Å². The topological polar surface area (TPSA) is 69.8 Å². The third kappa shape index (κ3) is 3.88. The summed E-state index contributed by atoms with van der Waals surface area (Å²) in [5.41, 5.74) is 3.84. The Morgan fingerprint density at radius 1 is 1.28 bits per heavy atom. The zero-order valence-corrected chi connectivity index (χ0v) is 15.1. The predicted octanol–water partition coefficient (Wildman–Crippen LogP) is 3.14. The van der Waals surface area contributed by atoms with Crippen molar-refractivity contribution in [1.29, 1.82) is 0 Å². The highest BCUT2D eigenvalue weighted by atomic mass is 35.5. The van der Waals surface area contributed by atoms with Gasteiger partial charge in [0.05, 0.1) is 6.04 Å². The van der Waals surface area contributed by atoms with Crippen molar-refractivity contribution in [3.05, 3.63) is 52.8 Å². The third-order valence-corrected chi connectivity index (χ3v) is 5.32. The zero-order valence-electron chi connectivity index (χ0n) is 14.3. The molecule has 1 fully saturated rings. The van der Waals surface area contributed by atoms with E-state index in [0.717, 1.165) is 36.6 Å². The minimum Gasteiger partial charge on any atom is -0.344 e. The van der Waals surface area contributed by atoms with E-state index < -0.39 is 0 Å². The SMILES string of the molecule is Cl.O=C(NC(CC1CCC1)c1ccccc1)c1n[nH]c2c1CNCC2. The van der Waals surface area contributed by atoms with Crippen molar-refractivity contribution in [2.75, 3.05) is 6.54 Å². The summed E-state index contributed by atoms with van der Waals surface area (Å²) < 4.78 is 0. The van der Waals surface area contributed by atoms with Gasteiger partial charge in [0, 0.05) is 30.8 Å². The largest absolute Gasteiger partial charge is 0.344 e. The van der Waals surface area contributed by atoms with E-state index in [1.54, 1.807) is 0 Å². The number of carbonyl (C=O) groups excluding carboxylic acids is 1. The van der Waals surface area contributed by atoms with E-state index in [2.05, 4.69) is 33.0 Å². The molecule has 0 spiro atoms. The maximum absolute atomic E-state index is 12.8. The van der Waals surface area contributed by atoms with Crippen LogP contribution in [0.3, 0.4) is 0 Å². The number of H-pyrrole nitrogens is 1. The number of aromatic nitrogens is 2. The third-order valence-electron chi connectivity index (χ3n) is 5.32. The summed E-state index contributed by atoms with van der Waals surface area (Å²) in [5.74, 6) is 0.662. The van der Waals surface area contributed by atoms with Crippen LogP contribution in [0.2, 0.25) is 0 Å². The van der Waals surface area contributed by atoms with Crippen LogP contribution in [0.25, 0.3) is 0 Å². The molecule has 4 rings (SSSR count). The molecule has 25 heavy (non-hydrogen) atoms. The molecule has 0 saturated heterocycles. The number of nitrogens with one attached hydrogen (secondary N) is 3. The number of aromatic amines is 1. The molecule has 2 heterocycles. The summed E-state index contributed by atoms with van der Waals surface area (Å²) in [6.45, 7) is 1.65. The molecule has 134 valence electrons. The molecule has 1 atom stereocenters. The smallest absolute Gasteiger partial charge is 0.272 e. The fraction of sp³-hybridized carbons (Fsp3) is 0.474. The first-order chi connectivity index (χ1) is 11.8. The average Bonchev–Trinajstić information content (AvgIpc) is 3.02. The summed E-state index contributed by atoms with van der Waals surface area (Å²) >= 11 is 0. The minimum atomic E-state index is -0.0654. The Balaban J connectivity index is 0.00000182. The second-order valence-electron chi connectivity index (χ2n) is 6.93. The molecule has 1 unspecified atom stereocenters.